The fourth-order valence-electron chi connectivity index (χ4n) is 6.30. The summed E-state index contributed by atoms with van der Waals surface area (Å²) < 4.78 is 13.1. The van der Waals surface area contributed by atoms with Crippen LogP contribution >= 0.6 is 0 Å². The number of rotatable bonds is 6. The molecule has 4 heterocycles. The van der Waals surface area contributed by atoms with Crippen LogP contribution in [0.5, 0.6) is 11.5 Å². The van der Waals surface area contributed by atoms with Crippen LogP contribution in [0.4, 0.5) is 0 Å². The summed E-state index contributed by atoms with van der Waals surface area (Å²) >= 11 is 0. The zero-order valence-corrected chi connectivity index (χ0v) is 22.0. The molecule has 1 N–H and O–H groups in total. The third-order valence-corrected chi connectivity index (χ3v) is 8.37. The maximum atomic E-state index is 13.7. The average molecular weight is 528 g/mol. The molecule has 10 heteroatoms. The van der Waals surface area contributed by atoms with Crippen LogP contribution in [0.25, 0.3) is 10.9 Å². The van der Waals surface area contributed by atoms with Crippen LogP contribution in [-0.2, 0) is 6.54 Å². The van der Waals surface area contributed by atoms with Gasteiger partial charge in [-0.1, -0.05) is 49.6 Å². The van der Waals surface area contributed by atoms with Gasteiger partial charge in [0.05, 0.1) is 11.6 Å². The molecule has 1 unspecified atom stereocenters. The van der Waals surface area contributed by atoms with E-state index in [2.05, 4.69) is 60.6 Å². The Morgan fingerprint density at radius 3 is 2.51 bits per heavy atom. The van der Waals surface area contributed by atoms with Gasteiger partial charge in [0, 0.05) is 49.7 Å². The number of pyridine rings is 1. The first-order chi connectivity index (χ1) is 19.2. The standard InChI is InChI=1S/C29H33N7O3/c37-29-23(15-21-16-25-26(39-19-38-25)17-24(21)30-29)27(28-31-32-33-36(28)22-9-5-2-6-10-22)35-13-11-34(12-14-35)18-20-7-3-1-4-8-20/h1,3-4,7-8,15-17,22,27H,2,5-6,9-14,18-19H2,(H,30,37). The van der Waals surface area contributed by atoms with E-state index in [1.165, 1.54) is 24.8 Å². The number of nitrogens with one attached hydrogen (secondary N) is 1. The monoisotopic (exact) mass is 527 g/mol. The van der Waals surface area contributed by atoms with E-state index in [0.29, 0.717) is 17.1 Å². The number of aromatic nitrogens is 5. The van der Waals surface area contributed by atoms with Crippen molar-refractivity contribution in [1.29, 1.82) is 0 Å². The predicted molar refractivity (Wildman–Crippen MR) is 146 cm³/mol. The lowest BCUT2D eigenvalue weighted by atomic mass is 9.95. The van der Waals surface area contributed by atoms with Crippen LogP contribution in [0.2, 0.25) is 0 Å². The number of aromatic amines is 1. The Hall–Kier alpha value is -3.76. The highest BCUT2D eigenvalue weighted by Gasteiger charge is 2.34. The number of H-pyrrole nitrogens is 1. The Balaban J connectivity index is 1.24. The maximum Gasteiger partial charge on any atom is 0.253 e. The molecule has 1 saturated carbocycles. The average Bonchev–Trinajstić information content (AvgIpc) is 3.64. The Bertz CT molecular complexity index is 1500. The van der Waals surface area contributed by atoms with Crippen LogP contribution in [0.1, 0.15) is 61.1 Å². The number of ether oxygens (including phenoxy) is 2. The Kier molecular flexibility index (Phi) is 6.49. The highest BCUT2D eigenvalue weighted by atomic mass is 16.7. The van der Waals surface area contributed by atoms with Gasteiger partial charge in [-0.05, 0) is 41.0 Å². The predicted octanol–water partition coefficient (Wildman–Crippen LogP) is 3.66. The molecule has 10 nitrogen and oxygen atoms in total. The fourth-order valence-corrected chi connectivity index (χ4v) is 6.30. The number of hydrogen-bond donors (Lipinski definition) is 1. The molecule has 2 fully saturated rings. The smallest absolute Gasteiger partial charge is 0.253 e. The van der Waals surface area contributed by atoms with Crippen molar-refractivity contribution in [3.8, 4) is 11.5 Å². The SMILES string of the molecule is O=c1[nH]c2cc3c(cc2cc1C(c1nnnn1C1CCCCC1)N1CCN(Cc2ccccc2)CC1)OCO3. The van der Waals surface area contributed by atoms with Crippen molar-refractivity contribution >= 4 is 10.9 Å². The van der Waals surface area contributed by atoms with E-state index in [9.17, 15) is 4.79 Å². The van der Waals surface area contributed by atoms with Gasteiger partial charge < -0.3 is 14.5 Å². The van der Waals surface area contributed by atoms with Gasteiger partial charge in [0.2, 0.25) is 6.79 Å². The quantitative estimate of drug-likeness (QED) is 0.406. The van der Waals surface area contributed by atoms with Gasteiger partial charge >= 0.3 is 0 Å². The van der Waals surface area contributed by atoms with Crippen molar-refractivity contribution in [3.05, 3.63) is 75.8 Å². The van der Waals surface area contributed by atoms with Gasteiger partial charge in [-0.2, -0.15) is 0 Å². The summed E-state index contributed by atoms with van der Waals surface area (Å²) in [6.45, 7) is 4.54. The minimum Gasteiger partial charge on any atom is -0.454 e. The molecule has 202 valence electrons. The summed E-state index contributed by atoms with van der Waals surface area (Å²) in [5, 5.41) is 14.0. The number of nitrogens with zero attached hydrogens (tertiary/aromatic N) is 6. The van der Waals surface area contributed by atoms with E-state index in [0.717, 1.165) is 62.3 Å². The van der Waals surface area contributed by atoms with E-state index in [-0.39, 0.29) is 24.4 Å². The number of fused-ring (bicyclic) bond motifs is 2. The molecule has 2 aliphatic heterocycles. The Morgan fingerprint density at radius 2 is 1.72 bits per heavy atom. The number of hydrogen-bond acceptors (Lipinski definition) is 8. The zero-order valence-electron chi connectivity index (χ0n) is 22.0. The second-order valence-electron chi connectivity index (χ2n) is 10.8. The molecule has 0 radical (unpaired) electrons. The van der Waals surface area contributed by atoms with Crippen molar-refractivity contribution in [2.24, 2.45) is 0 Å². The normalized spacial score (nSPS) is 19.5. The lowest BCUT2D eigenvalue weighted by Crippen LogP contribution is -2.48. The summed E-state index contributed by atoms with van der Waals surface area (Å²) in [6, 6.07) is 16.3. The molecule has 39 heavy (non-hydrogen) atoms. The molecule has 2 aromatic heterocycles. The van der Waals surface area contributed by atoms with Gasteiger partial charge in [0.1, 0.15) is 6.04 Å². The van der Waals surface area contributed by atoms with Gasteiger partial charge in [-0.25, -0.2) is 4.68 Å². The van der Waals surface area contributed by atoms with Gasteiger partial charge in [0.15, 0.2) is 17.3 Å². The molecule has 4 aromatic rings. The second kappa shape index (κ2) is 10.4. The molecular weight excluding hydrogens is 494 g/mol. The van der Waals surface area contributed by atoms with Crippen LogP contribution in [0.3, 0.4) is 0 Å². The van der Waals surface area contributed by atoms with Crippen molar-refractivity contribution in [3.63, 3.8) is 0 Å². The first kappa shape index (κ1) is 24.3. The minimum atomic E-state index is -0.348. The van der Waals surface area contributed by atoms with Gasteiger partial charge in [-0.3, -0.25) is 14.6 Å². The Labute approximate surface area is 226 Å². The third kappa shape index (κ3) is 4.79. The van der Waals surface area contributed by atoms with Crippen LogP contribution in [-0.4, -0.2) is 68.0 Å². The molecular formula is C29H33N7O3. The molecule has 0 bridgehead atoms. The molecule has 0 spiro atoms. The number of benzene rings is 2. The highest BCUT2D eigenvalue weighted by molar-refractivity contribution is 5.83. The first-order valence-electron chi connectivity index (χ1n) is 14.0. The van der Waals surface area contributed by atoms with E-state index >= 15 is 0 Å². The van der Waals surface area contributed by atoms with Crippen LogP contribution < -0.4 is 15.0 Å². The topological polar surface area (TPSA) is 101 Å². The largest absolute Gasteiger partial charge is 0.454 e. The van der Waals surface area contributed by atoms with Crippen molar-refractivity contribution in [2.45, 2.75) is 50.7 Å². The summed E-state index contributed by atoms with van der Waals surface area (Å²) in [5.41, 5.74) is 2.57. The zero-order chi connectivity index (χ0) is 26.2. The molecule has 1 aliphatic carbocycles. The van der Waals surface area contributed by atoms with Crippen LogP contribution in [0.15, 0.2) is 53.3 Å². The highest BCUT2D eigenvalue weighted by Crippen LogP contribution is 2.37. The summed E-state index contributed by atoms with van der Waals surface area (Å²) in [5.74, 6) is 2.10. The molecule has 3 aliphatic rings. The van der Waals surface area contributed by atoms with E-state index in [1.54, 1.807) is 0 Å². The molecule has 1 atom stereocenters. The summed E-state index contributed by atoms with van der Waals surface area (Å²) in [7, 11) is 0. The lowest BCUT2D eigenvalue weighted by Gasteiger charge is -2.39. The first-order valence-corrected chi connectivity index (χ1v) is 14.0. The minimum absolute atomic E-state index is 0.128. The van der Waals surface area contributed by atoms with Crippen molar-refractivity contribution in [2.75, 3.05) is 33.0 Å². The van der Waals surface area contributed by atoms with E-state index in [4.69, 9.17) is 9.47 Å². The van der Waals surface area contributed by atoms with Crippen LogP contribution in [0, 0.1) is 0 Å². The molecule has 1 saturated heterocycles. The summed E-state index contributed by atoms with van der Waals surface area (Å²) in [4.78, 5) is 21.6. The third-order valence-electron chi connectivity index (χ3n) is 8.37. The lowest BCUT2D eigenvalue weighted by molar-refractivity contribution is 0.0982. The Morgan fingerprint density at radius 1 is 0.949 bits per heavy atom. The molecule has 0 amide bonds. The second-order valence-corrected chi connectivity index (χ2v) is 10.8. The number of piperazine rings is 1. The molecule has 2 aromatic carbocycles. The van der Waals surface area contributed by atoms with Crippen molar-refractivity contribution < 1.29 is 9.47 Å². The van der Waals surface area contributed by atoms with Crippen molar-refractivity contribution in [1.82, 2.24) is 35.0 Å². The van der Waals surface area contributed by atoms with E-state index < -0.39 is 0 Å². The summed E-state index contributed by atoms with van der Waals surface area (Å²) in [6.07, 6.45) is 5.73. The van der Waals surface area contributed by atoms with Gasteiger partial charge in [0.25, 0.3) is 5.56 Å². The van der Waals surface area contributed by atoms with E-state index in [1.807, 2.05) is 22.9 Å². The maximum absolute atomic E-state index is 13.7. The fraction of sp³-hybridized carbons (Fsp3) is 0.448. The molecule has 7 rings (SSSR count). The van der Waals surface area contributed by atoms with Gasteiger partial charge in [-0.15, -0.1) is 5.10 Å². The number of tetrazole rings is 1.